The number of carbonyl (C=O) groups excluding carboxylic acids is 3. The van der Waals surface area contributed by atoms with Gasteiger partial charge in [-0.15, -0.1) is 0 Å². The summed E-state index contributed by atoms with van der Waals surface area (Å²) in [7, 11) is 0. The molecule has 0 spiro atoms. The lowest BCUT2D eigenvalue weighted by Gasteiger charge is -2.44. The lowest BCUT2D eigenvalue weighted by molar-refractivity contribution is -0.273. The third-order valence-corrected chi connectivity index (χ3v) is 4.75. The highest BCUT2D eigenvalue weighted by Crippen LogP contribution is 2.26. The second kappa shape index (κ2) is 7.42. The van der Waals surface area contributed by atoms with E-state index >= 15 is 0 Å². The molecular weight excluding hydrogens is 358 g/mol. The number of imide groups is 1. The first-order chi connectivity index (χ1) is 13.2. The molecule has 0 bridgehead atoms. The van der Waals surface area contributed by atoms with Crippen molar-refractivity contribution in [1.82, 2.24) is 14.8 Å². The van der Waals surface area contributed by atoms with Gasteiger partial charge >= 0.3 is 0 Å². The molecule has 2 aromatic rings. The Morgan fingerprint density at radius 3 is 2.18 bits per heavy atom. The molecule has 7 heteroatoms. The van der Waals surface area contributed by atoms with E-state index < -0.39 is 29.5 Å². The number of rotatable bonds is 5. The molecule has 3 rings (SSSR count). The molecule has 0 saturated carbocycles. The maximum Gasteiger partial charge on any atom is 0.261 e. The van der Waals surface area contributed by atoms with Crippen LogP contribution in [0.4, 0.5) is 4.79 Å². The molecule has 2 heterocycles. The number of nitrogens with zero attached hydrogens (tertiary/aromatic N) is 3. The standard InChI is InChI=1S/C21H23N3O4/c1-21(2,3)24(20(27)28)15(11-14-7-6-10-22-12-14)13-23-18(25)16-8-4-5-9-17(16)19(23)26/h4-10,12,15H,11,13H2,1-3H3,(H,27,28)/p-1/t15-/m0/s1. The molecule has 3 amide bonds. The summed E-state index contributed by atoms with van der Waals surface area (Å²) >= 11 is 0. The highest BCUT2D eigenvalue weighted by molar-refractivity contribution is 6.21. The molecule has 7 nitrogen and oxygen atoms in total. The van der Waals surface area contributed by atoms with Gasteiger partial charge in [0.05, 0.1) is 23.7 Å². The fourth-order valence-electron chi connectivity index (χ4n) is 3.61. The summed E-state index contributed by atoms with van der Waals surface area (Å²) in [5, 5.41) is 11.9. The molecule has 146 valence electrons. The molecule has 0 radical (unpaired) electrons. The lowest BCUT2D eigenvalue weighted by atomic mass is 9.98. The Morgan fingerprint density at radius 1 is 1.11 bits per heavy atom. The normalized spacial score (nSPS) is 14.8. The van der Waals surface area contributed by atoms with Crippen LogP contribution in [0.1, 0.15) is 47.1 Å². The zero-order valence-corrected chi connectivity index (χ0v) is 16.1. The number of pyridine rings is 1. The molecule has 1 aliphatic rings. The third kappa shape index (κ3) is 3.74. The van der Waals surface area contributed by atoms with Crippen LogP contribution in [0, 0.1) is 0 Å². The van der Waals surface area contributed by atoms with Crippen LogP contribution in [-0.2, 0) is 6.42 Å². The van der Waals surface area contributed by atoms with Crippen molar-refractivity contribution in [2.24, 2.45) is 0 Å². The molecule has 1 aliphatic heterocycles. The largest absolute Gasteiger partial charge is 0.530 e. The van der Waals surface area contributed by atoms with E-state index in [4.69, 9.17) is 0 Å². The van der Waals surface area contributed by atoms with Crippen molar-refractivity contribution in [3.63, 3.8) is 0 Å². The van der Waals surface area contributed by atoms with E-state index in [1.807, 2.05) is 6.07 Å². The van der Waals surface area contributed by atoms with Crippen LogP contribution >= 0.6 is 0 Å². The van der Waals surface area contributed by atoms with Gasteiger partial charge in [0.15, 0.2) is 0 Å². The summed E-state index contributed by atoms with van der Waals surface area (Å²) in [4.78, 5) is 43.8. The van der Waals surface area contributed by atoms with Crippen molar-refractivity contribution in [3.8, 4) is 0 Å². The second-order valence-electron chi connectivity index (χ2n) is 7.79. The molecule has 0 unspecified atom stereocenters. The molecule has 0 fully saturated rings. The Labute approximate surface area is 163 Å². The summed E-state index contributed by atoms with van der Waals surface area (Å²) in [6, 6.07) is 9.52. The third-order valence-electron chi connectivity index (χ3n) is 4.75. The molecule has 0 aliphatic carbocycles. The number of carboxylic acid groups (broad SMARTS) is 1. The van der Waals surface area contributed by atoms with Gasteiger partial charge in [-0.3, -0.25) is 19.5 Å². The molecule has 0 N–H and O–H groups in total. The maximum atomic E-state index is 12.7. The van der Waals surface area contributed by atoms with Gasteiger partial charge in [0, 0.05) is 17.9 Å². The van der Waals surface area contributed by atoms with Crippen molar-refractivity contribution in [1.29, 1.82) is 0 Å². The summed E-state index contributed by atoms with van der Waals surface area (Å²) in [5.74, 6) is -0.826. The van der Waals surface area contributed by atoms with E-state index in [-0.39, 0.29) is 6.54 Å². The van der Waals surface area contributed by atoms with Crippen molar-refractivity contribution in [2.75, 3.05) is 6.54 Å². The van der Waals surface area contributed by atoms with Crippen LogP contribution in [0.2, 0.25) is 0 Å². The number of hydrogen-bond donors (Lipinski definition) is 0. The maximum absolute atomic E-state index is 12.7. The van der Waals surface area contributed by atoms with Crippen LogP contribution in [-0.4, -0.2) is 50.8 Å². The summed E-state index contributed by atoms with van der Waals surface area (Å²) in [5.41, 5.74) is 0.705. The van der Waals surface area contributed by atoms with Crippen molar-refractivity contribution < 1.29 is 19.5 Å². The van der Waals surface area contributed by atoms with E-state index in [9.17, 15) is 19.5 Å². The smallest absolute Gasteiger partial charge is 0.261 e. The Balaban J connectivity index is 1.95. The zero-order valence-electron chi connectivity index (χ0n) is 16.1. The number of amides is 3. The minimum absolute atomic E-state index is 0.0630. The minimum atomic E-state index is -1.35. The quantitative estimate of drug-likeness (QED) is 0.737. The van der Waals surface area contributed by atoms with Crippen molar-refractivity contribution >= 4 is 17.9 Å². The molecule has 0 saturated heterocycles. The number of hydrogen-bond acceptors (Lipinski definition) is 5. The van der Waals surface area contributed by atoms with Crippen molar-refractivity contribution in [3.05, 3.63) is 65.5 Å². The summed E-state index contributed by atoms with van der Waals surface area (Å²) in [6.07, 6.45) is 2.22. The average Bonchev–Trinajstić information content (AvgIpc) is 2.86. The number of fused-ring (bicyclic) bond motifs is 1. The summed E-state index contributed by atoms with van der Waals surface area (Å²) in [6.45, 7) is 5.19. The average molecular weight is 380 g/mol. The predicted octanol–water partition coefficient (Wildman–Crippen LogP) is 1.73. The molecule has 1 aromatic carbocycles. The fraction of sp³-hybridized carbons (Fsp3) is 0.333. The Bertz CT molecular complexity index is 870. The van der Waals surface area contributed by atoms with Gasteiger partial charge in [0.1, 0.15) is 6.09 Å². The van der Waals surface area contributed by atoms with E-state index in [1.165, 1.54) is 4.90 Å². The van der Waals surface area contributed by atoms with Gasteiger partial charge in [-0.2, -0.15) is 0 Å². The predicted molar refractivity (Wildman–Crippen MR) is 101 cm³/mol. The number of benzene rings is 1. The van der Waals surface area contributed by atoms with E-state index in [0.29, 0.717) is 17.5 Å². The molecule has 1 aromatic heterocycles. The zero-order chi connectivity index (χ0) is 20.5. The van der Waals surface area contributed by atoms with E-state index in [0.717, 1.165) is 10.5 Å². The van der Waals surface area contributed by atoms with Gasteiger partial charge in [-0.25, -0.2) is 0 Å². The fourth-order valence-corrected chi connectivity index (χ4v) is 3.61. The first-order valence-electron chi connectivity index (χ1n) is 9.04. The topological polar surface area (TPSA) is 93.6 Å². The van der Waals surface area contributed by atoms with E-state index in [2.05, 4.69) is 4.98 Å². The van der Waals surface area contributed by atoms with Crippen LogP contribution in [0.5, 0.6) is 0 Å². The highest BCUT2D eigenvalue weighted by Gasteiger charge is 2.39. The SMILES string of the molecule is CC(C)(C)N(C(=O)[O-])[C@@H](Cc1cccnc1)CN1C(=O)c2ccccc2C1=O. The monoisotopic (exact) mass is 380 g/mol. The van der Waals surface area contributed by atoms with Gasteiger partial charge in [0.2, 0.25) is 0 Å². The first kappa shape index (κ1) is 19.5. The van der Waals surface area contributed by atoms with Gasteiger partial charge < -0.3 is 14.8 Å². The Morgan fingerprint density at radius 2 is 1.71 bits per heavy atom. The highest BCUT2D eigenvalue weighted by atomic mass is 16.4. The van der Waals surface area contributed by atoms with Crippen LogP contribution < -0.4 is 5.11 Å². The molecule has 28 heavy (non-hydrogen) atoms. The number of carbonyl (C=O) groups is 3. The number of aromatic nitrogens is 1. The van der Waals surface area contributed by atoms with Gasteiger partial charge in [-0.05, 0) is 51.0 Å². The molecule has 1 atom stereocenters. The Hall–Kier alpha value is -3.22. The molecular formula is C21H22N3O4-. The minimum Gasteiger partial charge on any atom is -0.530 e. The van der Waals surface area contributed by atoms with E-state index in [1.54, 1.807) is 63.5 Å². The van der Waals surface area contributed by atoms with Crippen LogP contribution in [0.15, 0.2) is 48.8 Å². The second-order valence-corrected chi connectivity index (χ2v) is 7.79. The van der Waals surface area contributed by atoms with Crippen LogP contribution in [0.3, 0.4) is 0 Å². The van der Waals surface area contributed by atoms with Gasteiger partial charge in [0.25, 0.3) is 11.8 Å². The van der Waals surface area contributed by atoms with Crippen molar-refractivity contribution in [2.45, 2.75) is 38.8 Å². The van der Waals surface area contributed by atoms with Gasteiger partial charge in [-0.1, -0.05) is 18.2 Å². The summed E-state index contributed by atoms with van der Waals surface area (Å²) < 4.78 is 0. The first-order valence-corrected chi connectivity index (χ1v) is 9.04. The Kier molecular flexibility index (Phi) is 5.18. The lowest BCUT2D eigenvalue weighted by Crippen LogP contribution is -2.60. The van der Waals surface area contributed by atoms with Crippen LogP contribution in [0.25, 0.3) is 0 Å².